The maximum atomic E-state index is 12.8. The van der Waals surface area contributed by atoms with Gasteiger partial charge in [-0.05, 0) is 54.6 Å². The van der Waals surface area contributed by atoms with E-state index in [9.17, 15) is 19.7 Å². The predicted octanol–water partition coefficient (Wildman–Crippen LogP) is 6.71. The molecule has 2 heterocycles. The van der Waals surface area contributed by atoms with Gasteiger partial charge in [-0.3, -0.25) is 24.6 Å². The molecule has 0 bridgehead atoms. The standard InChI is InChI=1S/C22H14Cl2N2O5S/c1-12-5-7-14(18(9-12)26(29)30)19-8-6-13(31-19)10-20-21(27)25(22(28)32-20)11-15-16(23)3-2-4-17(15)24/h2-10H,11H2,1H3/b20-10-. The number of carbonyl (C=O) groups excluding carboxylic acids is 2. The fraction of sp³-hybridized carbons (Fsp3) is 0.0909. The van der Waals surface area contributed by atoms with Crippen molar-refractivity contribution in [3.8, 4) is 11.3 Å². The van der Waals surface area contributed by atoms with Crippen molar-refractivity contribution >= 4 is 57.9 Å². The molecule has 0 atom stereocenters. The molecule has 3 aromatic rings. The number of nitro benzene ring substituents is 1. The predicted molar refractivity (Wildman–Crippen MR) is 124 cm³/mol. The molecular formula is C22H14Cl2N2O5S. The second-order valence-electron chi connectivity index (χ2n) is 6.95. The minimum Gasteiger partial charge on any atom is -0.456 e. The topological polar surface area (TPSA) is 93.7 Å². The average Bonchev–Trinajstić information content (AvgIpc) is 3.30. The largest absolute Gasteiger partial charge is 0.456 e. The third-order valence-corrected chi connectivity index (χ3v) is 6.38. The molecule has 2 amide bonds. The summed E-state index contributed by atoms with van der Waals surface area (Å²) < 4.78 is 5.72. The van der Waals surface area contributed by atoms with Crippen LogP contribution in [0, 0.1) is 17.0 Å². The number of furan rings is 1. The monoisotopic (exact) mass is 488 g/mol. The number of thioether (sulfide) groups is 1. The molecule has 1 fully saturated rings. The second kappa shape index (κ2) is 8.82. The molecule has 0 saturated carbocycles. The molecule has 10 heteroatoms. The van der Waals surface area contributed by atoms with Gasteiger partial charge in [0.25, 0.3) is 16.8 Å². The van der Waals surface area contributed by atoms with E-state index in [1.807, 2.05) is 0 Å². The Bertz CT molecular complexity index is 1280. The Hall–Kier alpha value is -3.07. The van der Waals surface area contributed by atoms with E-state index in [0.717, 1.165) is 22.2 Å². The summed E-state index contributed by atoms with van der Waals surface area (Å²) in [5.74, 6) is 0.0661. The second-order valence-corrected chi connectivity index (χ2v) is 8.76. The van der Waals surface area contributed by atoms with E-state index in [0.29, 0.717) is 21.2 Å². The number of hydrogen-bond acceptors (Lipinski definition) is 6. The lowest BCUT2D eigenvalue weighted by atomic mass is 10.1. The number of nitro groups is 1. The first-order valence-electron chi connectivity index (χ1n) is 9.28. The van der Waals surface area contributed by atoms with E-state index in [4.69, 9.17) is 27.6 Å². The Kier molecular flexibility index (Phi) is 6.10. The summed E-state index contributed by atoms with van der Waals surface area (Å²) in [6.45, 7) is 1.70. The van der Waals surface area contributed by atoms with Crippen LogP contribution in [0.25, 0.3) is 17.4 Å². The zero-order chi connectivity index (χ0) is 23.0. The molecule has 4 rings (SSSR count). The van der Waals surface area contributed by atoms with Gasteiger partial charge in [-0.2, -0.15) is 0 Å². The maximum Gasteiger partial charge on any atom is 0.293 e. The van der Waals surface area contributed by atoms with Gasteiger partial charge < -0.3 is 4.42 Å². The third-order valence-electron chi connectivity index (χ3n) is 4.77. The van der Waals surface area contributed by atoms with Crippen LogP contribution in [0.2, 0.25) is 10.0 Å². The van der Waals surface area contributed by atoms with Crippen LogP contribution in [-0.4, -0.2) is 21.0 Å². The minimum absolute atomic E-state index is 0.0561. The first kappa shape index (κ1) is 22.1. The number of halogens is 2. The maximum absolute atomic E-state index is 12.8. The highest BCUT2D eigenvalue weighted by molar-refractivity contribution is 8.18. The molecule has 0 unspecified atom stereocenters. The van der Waals surface area contributed by atoms with Gasteiger partial charge in [0.05, 0.1) is 21.9 Å². The van der Waals surface area contributed by atoms with E-state index >= 15 is 0 Å². The molecule has 1 aliphatic rings. The Morgan fingerprint density at radius 3 is 2.53 bits per heavy atom. The number of carbonyl (C=O) groups is 2. The van der Waals surface area contributed by atoms with Crippen molar-refractivity contribution in [1.29, 1.82) is 0 Å². The van der Waals surface area contributed by atoms with Crippen LogP contribution in [0.3, 0.4) is 0 Å². The van der Waals surface area contributed by atoms with Crippen molar-refractivity contribution in [1.82, 2.24) is 4.90 Å². The number of imide groups is 1. The lowest BCUT2D eigenvalue weighted by Gasteiger charge is -2.14. The number of amides is 2. The van der Waals surface area contributed by atoms with Gasteiger partial charge in [0.15, 0.2) is 0 Å². The molecule has 1 aromatic heterocycles. The van der Waals surface area contributed by atoms with Gasteiger partial charge >= 0.3 is 0 Å². The van der Waals surface area contributed by atoms with Crippen LogP contribution in [0.4, 0.5) is 10.5 Å². The zero-order valence-electron chi connectivity index (χ0n) is 16.5. The highest BCUT2D eigenvalue weighted by Crippen LogP contribution is 2.37. The van der Waals surface area contributed by atoms with Gasteiger partial charge in [0.1, 0.15) is 11.5 Å². The van der Waals surface area contributed by atoms with Crippen LogP contribution in [-0.2, 0) is 11.3 Å². The molecule has 1 saturated heterocycles. The first-order valence-corrected chi connectivity index (χ1v) is 10.9. The van der Waals surface area contributed by atoms with Crippen LogP contribution in [0.5, 0.6) is 0 Å². The van der Waals surface area contributed by atoms with E-state index in [-0.39, 0.29) is 28.7 Å². The van der Waals surface area contributed by atoms with Crippen LogP contribution in [0.15, 0.2) is 57.9 Å². The van der Waals surface area contributed by atoms with Crippen molar-refractivity contribution in [3.05, 3.63) is 90.5 Å². The summed E-state index contributed by atoms with van der Waals surface area (Å²) in [5.41, 5.74) is 1.47. The number of aryl methyl sites for hydroxylation is 1. The van der Waals surface area contributed by atoms with Gasteiger partial charge in [-0.25, -0.2) is 0 Å². The number of rotatable bonds is 5. The van der Waals surface area contributed by atoms with Crippen molar-refractivity contribution in [3.63, 3.8) is 0 Å². The van der Waals surface area contributed by atoms with Crippen molar-refractivity contribution < 1.29 is 18.9 Å². The summed E-state index contributed by atoms with van der Waals surface area (Å²) in [5, 5.41) is 11.6. The van der Waals surface area contributed by atoms with Crippen molar-refractivity contribution in [2.45, 2.75) is 13.5 Å². The summed E-state index contributed by atoms with van der Waals surface area (Å²) in [7, 11) is 0. The van der Waals surface area contributed by atoms with E-state index < -0.39 is 16.1 Å². The van der Waals surface area contributed by atoms with E-state index in [1.54, 1.807) is 49.4 Å². The number of benzene rings is 2. The molecule has 0 aliphatic carbocycles. The lowest BCUT2D eigenvalue weighted by molar-refractivity contribution is -0.384. The molecule has 1 aliphatic heterocycles. The normalized spacial score (nSPS) is 15.1. The summed E-state index contributed by atoms with van der Waals surface area (Å²) in [4.78, 5) is 37.4. The van der Waals surface area contributed by atoms with E-state index in [1.165, 1.54) is 12.1 Å². The number of nitrogens with zero attached hydrogens (tertiary/aromatic N) is 2. The smallest absolute Gasteiger partial charge is 0.293 e. The zero-order valence-corrected chi connectivity index (χ0v) is 18.8. The fourth-order valence-electron chi connectivity index (χ4n) is 3.18. The molecule has 0 N–H and O–H groups in total. The molecule has 32 heavy (non-hydrogen) atoms. The average molecular weight is 489 g/mol. The van der Waals surface area contributed by atoms with Gasteiger partial charge in [-0.15, -0.1) is 0 Å². The molecule has 0 spiro atoms. The highest BCUT2D eigenvalue weighted by Gasteiger charge is 2.36. The lowest BCUT2D eigenvalue weighted by Crippen LogP contribution is -2.27. The Morgan fingerprint density at radius 1 is 1.12 bits per heavy atom. The van der Waals surface area contributed by atoms with Gasteiger partial charge in [0.2, 0.25) is 0 Å². The molecule has 7 nitrogen and oxygen atoms in total. The minimum atomic E-state index is -0.504. The summed E-state index contributed by atoms with van der Waals surface area (Å²) >= 11 is 13.1. The van der Waals surface area contributed by atoms with Gasteiger partial charge in [-0.1, -0.05) is 35.3 Å². The van der Waals surface area contributed by atoms with E-state index in [2.05, 4.69) is 0 Å². The first-order chi connectivity index (χ1) is 15.2. The van der Waals surface area contributed by atoms with Crippen molar-refractivity contribution in [2.24, 2.45) is 0 Å². The molecule has 162 valence electrons. The van der Waals surface area contributed by atoms with Crippen LogP contribution < -0.4 is 0 Å². The SMILES string of the molecule is Cc1ccc(-c2ccc(/C=C3\SC(=O)N(Cc4c(Cl)cccc4Cl)C3=O)o2)c([N+](=O)[O-])c1. The summed E-state index contributed by atoms with van der Waals surface area (Å²) in [6.07, 6.45) is 1.43. The Morgan fingerprint density at radius 2 is 1.84 bits per heavy atom. The summed E-state index contributed by atoms with van der Waals surface area (Å²) in [6, 6.07) is 12.9. The number of hydrogen-bond donors (Lipinski definition) is 0. The molecular weight excluding hydrogens is 475 g/mol. The molecule has 0 radical (unpaired) electrons. The Balaban J connectivity index is 1.60. The third kappa shape index (κ3) is 4.29. The quantitative estimate of drug-likeness (QED) is 0.225. The fourth-order valence-corrected chi connectivity index (χ4v) is 4.52. The highest BCUT2D eigenvalue weighted by atomic mass is 35.5. The van der Waals surface area contributed by atoms with Gasteiger partial charge in [0, 0.05) is 27.8 Å². The van der Waals surface area contributed by atoms with Crippen molar-refractivity contribution in [2.75, 3.05) is 0 Å². The van der Waals surface area contributed by atoms with Crippen LogP contribution in [0.1, 0.15) is 16.9 Å². The Labute approximate surface area is 196 Å². The molecule has 2 aromatic carbocycles. The van der Waals surface area contributed by atoms with Crippen LogP contribution >= 0.6 is 35.0 Å².